The number of amides is 1. The number of nitrogens with zero attached hydrogens (tertiary/aromatic N) is 5. The SMILES string of the molecule is COc1cccc2c1ccn2CCNC(=O)C(Cc1ccccc1)n1cnnn1. The van der Waals surface area contributed by atoms with Gasteiger partial charge in [-0.05, 0) is 34.2 Å². The Morgan fingerprint density at radius 3 is 2.76 bits per heavy atom. The van der Waals surface area contributed by atoms with Gasteiger partial charge in [0.05, 0.1) is 12.6 Å². The summed E-state index contributed by atoms with van der Waals surface area (Å²) in [5, 5.41) is 15.3. The van der Waals surface area contributed by atoms with Gasteiger partial charge in [0.2, 0.25) is 5.91 Å². The summed E-state index contributed by atoms with van der Waals surface area (Å²) in [6, 6.07) is 17.3. The lowest BCUT2D eigenvalue weighted by Crippen LogP contribution is -2.36. The zero-order chi connectivity index (χ0) is 20.1. The zero-order valence-electron chi connectivity index (χ0n) is 16.1. The summed E-state index contributed by atoms with van der Waals surface area (Å²) in [6.45, 7) is 1.14. The van der Waals surface area contributed by atoms with Crippen LogP contribution in [0, 0.1) is 0 Å². The molecule has 0 fully saturated rings. The minimum Gasteiger partial charge on any atom is -0.496 e. The van der Waals surface area contributed by atoms with Gasteiger partial charge in [-0.25, -0.2) is 4.68 Å². The number of fused-ring (bicyclic) bond motifs is 1. The van der Waals surface area contributed by atoms with Crippen LogP contribution < -0.4 is 10.1 Å². The van der Waals surface area contributed by atoms with Crippen LogP contribution in [-0.2, 0) is 17.8 Å². The van der Waals surface area contributed by atoms with Crippen molar-refractivity contribution in [3.8, 4) is 5.75 Å². The predicted octanol–water partition coefficient (Wildman–Crippen LogP) is 2.24. The van der Waals surface area contributed by atoms with Crippen LogP contribution in [-0.4, -0.2) is 44.3 Å². The molecule has 1 atom stereocenters. The molecule has 148 valence electrons. The number of ether oxygens (including phenoxy) is 1. The summed E-state index contributed by atoms with van der Waals surface area (Å²) in [5.41, 5.74) is 2.12. The predicted molar refractivity (Wildman–Crippen MR) is 108 cm³/mol. The van der Waals surface area contributed by atoms with Crippen molar-refractivity contribution in [2.45, 2.75) is 19.0 Å². The van der Waals surface area contributed by atoms with Crippen LogP contribution in [0.5, 0.6) is 5.75 Å². The van der Waals surface area contributed by atoms with E-state index in [0.29, 0.717) is 19.5 Å². The molecule has 0 aliphatic carbocycles. The molecule has 0 saturated carbocycles. The summed E-state index contributed by atoms with van der Waals surface area (Å²) in [5.74, 6) is 0.724. The molecule has 0 bridgehead atoms. The van der Waals surface area contributed by atoms with Crippen LogP contribution in [0.25, 0.3) is 10.9 Å². The molecule has 8 nitrogen and oxygen atoms in total. The van der Waals surface area contributed by atoms with E-state index in [1.807, 2.05) is 60.8 Å². The molecule has 4 rings (SSSR count). The Morgan fingerprint density at radius 1 is 1.14 bits per heavy atom. The van der Waals surface area contributed by atoms with Gasteiger partial charge in [-0.3, -0.25) is 4.79 Å². The zero-order valence-corrected chi connectivity index (χ0v) is 16.1. The minimum atomic E-state index is -0.506. The standard InChI is InChI=1S/C21H22N6O2/c1-29-20-9-5-8-18-17(20)10-12-26(18)13-11-22-21(28)19(27-15-23-24-25-27)14-16-6-3-2-4-7-16/h2-10,12,15,19H,11,13-14H2,1H3,(H,22,28). The maximum Gasteiger partial charge on any atom is 0.245 e. The van der Waals surface area contributed by atoms with Gasteiger partial charge in [0.1, 0.15) is 18.1 Å². The Kier molecular flexibility index (Phi) is 5.51. The molecule has 1 unspecified atom stereocenters. The molecule has 1 amide bonds. The van der Waals surface area contributed by atoms with Crippen molar-refractivity contribution in [1.29, 1.82) is 0 Å². The number of nitrogens with one attached hydrogen (secondary N) is 1. The normalized spacial score (nSPS) is 12.0. The van der Waals surface area contributed by atoms with Crippen molar-refractivity contribution in [2.24, 2.45) is 0 Å². The molecule has 4 aromatic rings. The fraction of sp³-hybridized carbons (Fsp3) is 0.238. The Labute approximate surface area is 168 Å². The van der Waals surface area contributed by atoms with E-state index in [2.05, 4.69) is 25.4 Å². The van der Waals surface area contributed by atoms with Gasteiger partial charge >= 0.3 is 0 Å². The van der Waals surface area contributed by atoms with Crippen LogP contribution in [0.15, 0.2) is 67.1 Å². The number of carbonyl (C=O) groups is 1. The van der Waals surface area contributed by atoms with Crippen LogP contribution in [0.4, 0.5) is 0 Å². The van der Waals surface area contributed by atoms with Gasteiger partial charge in [-0.1, -0.05) is 36.4 Å². The van der Waals surface area contributed by atoms with Gasteiger partial charge in [-0.2, -0.15) is 0 Å². The van der Waals surface area contributed by atoms with E-state index in [-0.39, 0.29) is 5.91 Å². The first-order chi connectivity index (χ1) is 14.3. The molecule has 29 heavy (non-hydrogen) atoms. The quantitative estimate of drug-likeness (QED) is 0.499. The summed E-state index contributed by atoms with van der Waals surface area (Å²) >= 11 is 0. The van der Waals surface area contributed by atoms with Gasteiger partial charge in [-0.15, -0.1) is 5.10 Å². The van der Waals surface area contributed by atoms with Gasteiger partial charge in [0, 0.05) is 31.1 Å². The van der Waals surface area contributed by atoms with E-state index < -0.39 is 6.04 Å². The van der Waals surface area contributed by atoms with Crippen molar-refractivity contribution in [3.05, 3.63) is 72.7 Å². The molecule has 0 aliphatic rings. The third-order valence-electron chi connectivity index (χ3n) is 4.90. The van der Waals surface area contributed by atoms with Crippen LogP contribution in [0.2, 0.25) is 0 Å². The fourth-order valence-electron chi connectivity index (χ4n) is 3.44. The number of rotatable bonds is 8. The van der Waals surface area contributed by atoms with E-state index in [1.54, 1.807) is 7.11 Å². The monoisotopic (exact) mass is 390 g/mol. The molecule has 0 radical (unpaired) electrons. The topological polar surface area (TPSA) is 86.9 Å². The number of hydrogen-bond acceptors (Lipinski definition) is 5. The minimum absolute atomic E-state index is 0.116. The van der Waals surface area contributed by atoms with Crippen molar-refractivity contribution in [1.82, 2.24) is 30.1 Å². The van der Waals surface area contributed by atoms with Crippen molar-refractivity contribution < 1.29 is 9.53 Å². The van der Waals surface area contributed by atoms with Gasteiger partial charge in [0.15, 0.2) is 0 Å². The smallest absolute Gasteiger partial charge is 0.245 e. The maximum atomic E-state index is 12.9. The van der Waals surface area contributed by atoms with Gasteiger partial charge < -0.3 is 14.6 Å². The highest BCUT2D eigenvalue weighted by Gasteiger charge is 2.22. The van der Waals surface area contributed by atoms with Crippen molar-refractivity contribution in [2.75, 3.05) is 13.7 Å². The van der Waals surface area contributed by atoms with E-state index in [4.69, 9.17) is 4.74 Å². The van der Waals surface area contributed by atoms with Crippen molar-refractivity contribution >= 4 is 16.8 Å². The average Bonchev–Trinajstić information content (AvgIpc) is 3.43. The number of aromatic nitrogens is 5. The molecule has 0 spiro atoms. The first kappa shape index (κ1) is 18.7. The number of methoxy groups -OCH3 is 1. The number of hydrogen-bond donors (Lipinski definition) is 1. The Hall–Kier alpha value is -3.68. The molecular weight excluding hydrogens is 368 g/mol. The molecule has 2 aromatic carbocycles. The number of benzene rings is 2. The van der Waals surface area contributed by atoms with Crippen LogP contribution >= 0.6 is 0 Å². The number of tetrazole rings is 1. The van der Waals surface area contributed by atoms with E-state index in [0.717, 1.165) is 22.2 Å². The highest BCUT2D eigenvalue weighted by atomic mass is 16.5. The highest BCUT2D eigenvalue weighted by molar-refractivity contribution is 5.86. The lowest BCUT2D eigenvalue weighted by Gasteiger charge is -2.17. The van der Waals surface area contributed by atoms with E-state index in [1.165, 1.54) is 11.0 Å². The maximum absolute atomic E-state index is 12.9. The first-order valence-electron chi connectivity index (χ1n) is 9.42. The molecule has 1 N–H and O–H groups in total. The molecule has 0 saturated heterocycles. The third-order valence-corrected chi connectivity index (χ3v) is 4.90. The molecule has 0 aliphatic heterocycles. The van der Waals surface area contributed by atoms with Gasteiger partial charge in [0.25, 0.3) is 0 Å². The molecule has 2 heterocycles. The lowest BCUT2D eigenvalue weighted by molar-refractivity contribution is -0.124. The van der Waals surface area contributed by atoms with E-state index >= 15 is 0 Å². The Balaban J connectivity index is 1.43. The highest BCUT2D eigenvalue weighted by Crippen LogP contribution is 2.26. The second-order valence-corrected chi connectivity index (χ2v) is 6.69. The lowest BCUT2D eigenvalue weighted by atomic mass is 10.1. The van der Waals surface area contributed by atoms with Crippen molar-refractivity contribution in [3.63, 3.8) is 0 Å². The molecule has 2 aromatic heterocycles. The summed E-state index contributed by atoms with van der Waals surface area (Å²) < 4.78 is 9.01. The fourth-order valence-corrected chi connectivity index (χ4v) is 3.44. The second kappa shape index (κ2) is 8.55. The van der Waals surface area contributed by atoms with Crippen LogP contribution in [0.3, 0.4) is 0 Å². The van der Waals surface area contributed by atoms with Crippen LogP contribution in [0.1, 0.15) is 11.6 Å². The molecular formula is C21H22N6O2. The third kappa shape index (κ3) is 4.11. The molecule has 8 heteroatoms. The number of carbonyl (C=O) groups excluding carboxylic acids is 1. The Morgan fingerprint density at radius 2 is 2.00 bits per heavy atom. The first-order valence-corrected chi connectivity index (χ1v) is 9.42. The average molecular weight is 390 g/mol. The summed E-state index contributed by atoms with van der Waals surface area (Å²) in [4.78, 5) is 12.9. The summed E-state index contributed by atoms with van der Waals surface area (Å²) in [6.07, 6.45) is 3.99. The largest absolute Gasteiger partial charge is 0.496 e. The summed E-state index contributed by atoms with van der Waals surface area (Å²) in [7, 11) is 1.66. The second-order valence-electron chi connectivity index (χ2n) is 6.69. The van der Waals surface area contributed by atoms with E-state index in [9.17, 15) is 4.79 Å². The Bertz CT molecular complexity index is 1080.